The second kappa shape index (κ2) is 6.08. The van der Waals surface area contributed by atoms with Crippen molar-refractivity contribution in [2.24, 2.45) is 5.92 Å². The van der Waals surface area contributed by atoms with Crippen LogP contribution in [-0.4, -0.2) is 6.61 Å². The Labute approximate surface area is 91.5 Å². The molecule has 1 aromatic carbocycles. The zero-order chi connectivity index (χ0) is 11.1. The first-order valence-corrected chi connectivity index (χ1v) is 5.31. The molecule has 0 aliphatic heterocycles. The van der Waals surface area contributed by atoms with Gasteiger partial charge in [0.15, 0.2) is 6.61 Å². The van der Waals surface area contributed by atoms with Crippen molar-refractivity contribution in [3.8, 4) is 11.8 Å². The molecule has 2 nitrogen and oxygen atoms in total. The minimum Gasteiger partial charge on any atom is -0.479 e. The topological polar surface area (TPSA) is 33.0 Å². The molecule has 0 saturated carbocycles. The fourth-order valence-corrected chi connectivity index (χ4v) is 1.36. The van der Waals surface area contributed by atoms with E-state index in [2.05, 4.69) is 19.9 Å². The third-order valence-corrected chi connectivity index (χ3v) is 2.21. The Bertz CT molecular complexity index is 339. The maximum Gasteiger partial charge on any atom is 0.174 e. The Morgan fingerprint density at radius 2 is 2.20 bits per heavy atom. The van der Waals surface area contributed by atoms with Gasteiger partial charge >= 0.3 is 0 Å². The molecule has 0 fully saturated rings. The van der Waals surface area contributed by atoms with Gasteiger partial charge in [-0.15, -0.1) is 0 Å². The van der Waals surface area contributed by atoms with E-state index < -0.39 is 0 Å². The number of aryl methyl sites for hydroxylation is 1. The van der Waals surface area contributed by atoms with E-state index in [-0.39, 0.29) is 6.61 Å². The lowest BCUT2D eigenvalue weighted by molar-refractivity contribution is 0.367. The van der Waals surface area contributed by atoms with Gasteiger partial charge in [-0.2, -0.15) is 5.26 Å². The van der Waals surface area contributed by atoms with Crippen molar-refractivity contribution < 1.29 is 4.74 Å². The van der Waals surface area contributed by atoms with E-state index in [4.69, 9.17) is 10.00 Å². The van der Waals surface area contributed by atoms with Gasteiger partial charge in [0, 0.05) is 0 Å². The first-order valence-electron chi connectivity index (χ1n) is 5.31. The molecular weight excluding hydrogens is 186 g/mol. The lowest BCUT2D eigenvalue weighted by Gasteiger charge is -2.06. The average molecular weight is 203 g/mol. The number of rotatable bonds is 5. The summed E-state index contributed by atoms with van der Waals surface area (Å²) in [6.45, 7) is 4.56. The maximum absolute atomic E-state index is 8.40. The largest absolute Gasteiger partial charge is 0.479 e. The highest BCUT2D eigenvalue weighted by atomic mass is 16.5. The Balaban J connectivity index is 2.54. The first kappa shape index (κ1) is 11.6. The molecule has 0 heterocycles. The van der Waals surface area contributed by atoms with E-state index in [1.807, 2.05) is 24.3 Å². The summed E-state index contributed by atoms with van der Waals surface area (Å²) < 4.78 is 5.24. The summed E-state index contributed by atoms with van der Waals surface area (Å²) in [5, 5.41) is 8.40. The number of ether oxygens (including phenoxy) is 1. The molecule has 0 aliphatic carbocycles. The predicted octanol–water partition coefficient (Wildman–Crippen LogP) is 3.18. The van der Waals surface area contributed by atoms with Crippen LogP contribution in [0.4, 0.5) is 0 Å². The van der Waals surface area contributed by atoms with Crippen LogP contribution in [0.3, 0.4) is 0 Å². The van der Waals surface area contributed by atoms with Gasteiger partial charge in [0.05, 0.1) is 0 Å². The van der Waals surface area contributed by atoms with E-state index in [9.17, 15) is 0 Å². The minimum atomic E-state index is 0.119. The molecule has 0 bridgehead atoms. The van der Waals surface area contributed by atoms with Crippen LogP contribution in [0.5, 0.6) is 5.75 Å². The van der Waals surface area contributed by atoms with Gasteiger partial charge in [-0.3, -0.25) is 0 Å². The molecule has 0 saturated heterocycles. The van der Waals surface area contributed by atoms with Crippen molar-refractivity contribution >= 4 is 0 Å². The molecule has 0 atom stereocenters. The van der Waals surface area contributed by atoms with Crippen LogP contribution >= 0.6 is 0 Å². The molecule has 0 aliphatic rings. The SMILES string of the molecule is CC(C)CCc1cccc(OCC#N)c1. The van der Waals surface area contributed by atoms with Gasteiger partial charge in [-0.05, 0) is 36.5 Å². The predicted molar refractivity (Wildman–Crippen MR) is 60.7 cm³/mol. The van der Waals surface area contributed by atoms with E-state index in [0.29, 0.717) is 5.92 Å². The van der Waals surface area contributed by atoms with Gasteiger partial charge < -0.3 is 4.74 Å². The highest BCUT2D eigenvalue weighted by molar-refractivity contribution is 5.28. The number of hydrogen-bond donors (Lipinski definition) is 0. The number of hydrogen-bond acceptors (Lipinski definition) is 2. The van der Waals surface area contributed by atoms with Crippen molar-refractivity contribution in [2.45, 2.75) is 26.7 Å². The Morgan fingerprint density at radius 1 is 1.40 bits per heavy atom. The highest BCUT2D eigenvalue weighted by Gasteiger charge is 1.99. The van der Waals surface area contributed by atoms with E-state index in [1.54, 1.807) is 0 Å². The quantitative estimate of drug-likeness (QED) is 0.736. The second-order valence-electron chi connectivity index (χ2n) is 4.03. The summed E-state index contributed by atoms with van der Waals surface area (Å²) in [7, 11) is 0. The highest BCUT2D eigenvalue weighted by Crippen LogP contribution is 2.16. The summed E-state index contributed by atoms with van der Waals surface area (Å²) >= 11 is 0. The molecule has 0 amide bonds. The molecule has 15 heavy (non-hydrogen) atoms. The summed E-state index contributed by atoms with van der Waals surface area (Å²) in [5.41, 5.74) is 1.28. The smallest absolute Gasteiger partial charge is 0.174 e. The van der Waals surface area contributed by atoms with Crippen LogP contribution in [0.15, 0.2) is 24.3 Å². The van der Waals surface area contributed by atoms with Crippen molar-refractivity contribution in [3.63, 3.8) is 0 Å². The molecule has 1 rings (SSSR count). The molecule has 1 aromatic rings. The summed E-state index contributed by atoms with van der Waals surface area (Å²) in [4.78, 5) is 0. The summed E-state index contributed by atoms with van der Waals surface area (Å²) in [5.74, 6) is 1.51. The molecule has 0 radical (unpaired) electrons. The molecule has 80 valence electrons. The molecule has 0 aromatic heterocycles. The third-order valence-electron chi connectivity index (χ3n) is 2.21. The Morgan fingerprint density at radius 3 is 2.87 bits per heavy atom. The Kier molecular flexibility index (Phi) is 4.70. The minimum absolute atomic E-state index is 0.119. The van der Waals surface area contributed by atoms with E-state index >= 15 is 0 Å². The zero-order valence-corrected chi connectivity index (χ0v) is 9.36. The van der Waals surface area contributed by atoms with Gasteiger partial charge in [-0.25, -0.2) is 0 Å². The number of benzene rings is 1. The first-order chi connectivity index (χ1) is 7.22. The molecule has 0 spiro atoms. The maximum atomic E-state index is 8.40. The monoisotopic (exact) mass is 203 g/mol. The lowest BCUT2D eigenvalue weighted by Crippen LogP contribution is -1.96. The zero-order valence-electron chi connectivity index (χ0n) is 9.36. The van der Waals surface area contributed by atoms with Crippen LogP contribution < -0.4 is 4.74 Å². The van der Waals surface area contributed by atoms with Crippen molar-refractivity contribution in [3.05, 3.63) is 29.8 Å². The molecule has 2 heteroatoms. The summed E-state index contributed by atoms with van der Waals surface area (Å²) in [6.07, 6.45) is 2.25. The fourth-order valence-electron chi connectivity index (χ4n) is 1.36. The van der Waals surface area contributed by atoms with Crippen LogP contribution in [0.1, 0.15) is 25.8 Å². The molecular formula is C13H17NO. The lowest BCUT2D eigenvalue weighted by atomic mass is 10.0. The Hall–Kier alpha value is -1.49. The third kappa shape index (κ3) is 4.51. The van der Waals surface area contributed by atoms with E-state index in [0.717, 1.165) is 12.2 Å². The van der Waals surface area contributed by atoms with Gasteiger partial charge in [0.1, 0.15) is 11.8 Å². The van der Waals surface area contributed by atoms with Crippen LogP contribution in [0.2, 0.25) is 0 Å². The van der Waals surface area contributed by atoms with Crippen molar-refractivity contribution in [1.82, 2.24) is 0 Å². The average Bonchev–Trinajstić information content (AvgIpc) is 2.24. The van der Waals surface area contributed by atoms with Crippen molar-refractivity contribution in [2.75, 3.05) is 6.61 Å². The van der Waals surface area contributed by atoms with E-state index in [1.165, 1.54) is 12.0 Å². The van der Waals surface area contributed by atoms with Gasteiger partial charge in [0.25, 0.3) is 0 Å². The van der Waals surface area contributed by atoms with Crippen LogP contribution in [-0.2, 0) is 6.42 Å². The van der Waals surface area contributed by atoms with Crippen LogP contribution in [0.25, 0.3) is 0 Å². The van der Waals surface area contributed by atoms with Gasteiger partial charge in [-0.1, -0.05) is 26.0 Å². The molecule has 0 unspecified atom stereocenters. The standard InChI is InChI=1S/C13H17NO/c1-11(2)6-7-12-4-3-5-13(10-12)15-9-8-14/h3-5,10-11H,6-7,9H2,1-2H3. The number of nitrogens with zero attached hydrogens (tertiary/aromatic N) is 1. The van der Waals surface area contributed by atoms with Crippen LogP contribution in [0, 0.1) is 17.2 Å². The number of nitriles is 1. The fraction of sp³-hybridized carbons (Fsp3) is 0.462. The second-order valence-corrected chi connectivity index (χ2v) is 4.03. The van der Waals surface area contributed by atoms with Gasteiger partial charge in [0.2, 0.25) is 0 Å². The normalized spacial score (nSPS) is 10.0. The molecule has 0 N–H and O–H groups in total. The summed E-state index contributed by atoms with van der Waals surface area (Å²) in [6, 6.07) is 9.94. The van der Waals surface area contributed by atoms with Crippen molar-refractivity contribution in [1.29, 1.82) is 5.26 Å².